The first-order chi connectivity index (χ1) is 9.58. The third kappa shape index (κ3) is 3.38. The molecule has 2 N–H and O–H groups in total. The fourth-order valence-corrected chi connectivity index (χ4v) is 2.24. The van der Waals surface area contributed by atoms with Crippen LogP contribution in [0.5, 0.6) is 0 Å². The standard InChI is InChI=1S/C17H20N2O/c1-19(2)17(20)16(12-13-6-4-3-5-7-13)14-8-10-15(18)11-9-14/h3-11,16H,12,18H2,1-2H3. The van der Waals surface area contributed by atoms with Crippen LogP contribution in [-0.4, -0.2) is 24.9 Å². The van der Waals surface area contributed by atoms with Crippen molar-refractivity contribution in [3.8, 4) is 0 Å². The lowest BCUT2D eigenvalue weighted by Crippen LogP contribution is -2.29. The van der Waals surface area contributed by atoms with Crippen molar-refractivity contribution < 1.29 is 4.79 Å². The van der Waals surface area contributed by atoms with Gasteiger partial charge in [-0.15, -0.1) is 0 Å². The van der Waals surface area contributed by atoms with Gasteiger partial charge >= 0.3 is 0 Å². The smallest absolute Gasteiger partial charge is 0.229 e. The summed E-state index contributed by atoms with van der Waals surface area (Å²) in [6.45, 7) is 0. The van der Waals surface area contributed by atoms with Gasteiger partial charge in [-0.25, -0.2) is 0 Å². The molecule has 0 bridgehead atoms. The summed E-state index contributed by atoms with van der Waals surface area (Å²) in [6.07, 6.45) is 0.696. The average molecular weight is 268 g/mol. The largest absolute Gasteiger partial charge is 0.399 e. The normalized spacial score (nSPS) is 11.9. The highest BCUT2D eigenvalue weighted by atomic mass is 16.2. The molecule has 3 nitrogen and oxygen atoms in total. The van der Waals surface area contributed by atoms with Crippen molar-refractivity contribution in [1.29, 1.82) is 0 Å². The van der Waals surface area contributed by atoms with Crippen LogP contribution in [0.4, 0.5) is 5.69 Å². The minimum atomic E-state index is -0.173. The second-order valence-corrected chi connectivity index (χ2v) is 5.14. The molecule has 0 saturated carbocycles. The van der Waals surface area contributed by atoms with Crippen LogP contribution in [0, 0.1) is 0 Å². The molecule has 104 valence electrons. The van der Waals surface area contributed by atoms with Crippen molar-refractivity contribution >= 4 is 11.6 Å². The molecule has 1 unspecified atom stereocenters. The van der Waals surface area contributed by atoms with E-state index in [1.807, 2.05) is 54.6 Å². The van der Waals surface area contributed by atoms with E-state index in [1.165, 1.54) is 0 Å². The second-order valence-electron chi connectivity index (χ2n) is 5.14. The summed E-state index contributed by atoms with van der Waals surface area (Å²) in [7, 11) is 3.58. The lowest BCUT2D eigenvalue weighted by molar-refractivity contribution is -0.130. The topological polar surface area (TPSA) is 46.3 Å². The Morgan fingerprint density at radius 3 is 2.20 bits per heavy atom. The maximum Gasteiger partial charge on any atom is 0.229 e. The summed E-state index contributed by atoms with van der Waals surface area (Å²) in [5, 5.41) is 0. The fourth-order valence-electron chi connectivity index (χ4n) is 2.24. The van der Waals surface area contributed by atoms with Crippen molar-refractivity contribution in [3.05, 3.63) is 65.7 Å². The van der Waals surface area contributed by atoms with Gasteiger partial charge in [0.1, 0.15) is 0 Å². The first-order valence-corrected chi connectivity index (χ1v) is 6.68. The highest BCUT2D eigenvalue weighted by Gasteiger charge is 2.22. The van der Waals surface area contributed by atoms with E-state index in [-0.39, 0.29) is 11.8 Å². The number of benzene rings is 2. The van der Waals surface area contributed by atoms with E-state index in [0.717, 1.165) is 11.1 Å². The van der Waals surface area contributed by atoms with Gasteiger partial charge in [0, 0.05) is 19.8 Å². The molecule has 0 heterocycles. The first-order valence-electron chi connectivity index (χ1n) is 6.68. The van der Waals surface area contributed by atoms with Crippen LogP contribution in [0.25, 0.3) is 0 Å². The molecule has 0 aromatic heterocycles. The number of likely N-dealkylation sites (N-methyl/N-ethyl adjacent to an activating group) is 1. The molecule has 2 aromatic carbocycles. The Labute approximate surface area is 120 Å². The molecular formula is C17H20N2O. The van der Waals surface area contributed by atoms with Crippen LogP contribution in [-0.2, 0) is 11.2 Å². The van der Waals surface area contributed by atoms with E-state index in [4.69, 9.17) is 5.73 Å². The number of nitrogen functional groups attached to an aromatic ring is 1. The van der Waals surface area contributed by atoms with Gasteiger partial charge in [-0.05, 0) is 29.7 Å². The SMILES string of the molecule is CN(C)C(=O)C(Cc1ccccc1)c1ccc(N)cc1. The molecule has 0 aliphatic heterocycles. The predicted octanol–water partition coefficient (Wildman–Crippen LogP) is 2.68. The number of anilines is 1. The van der Waals surface area contributed by atoms with Crippen LogP contribution in [0.1, 0.15) is 17.0 Å². The maximum absolute atomic E-state index is 12.4. The van der Waals surface area contributed by atoms with Crippen molar-refractivity contribution in [1.82, 2.24) is 4.90 Å². The molecule has 0 aliphatic rings. The van der Waals surface area contributed by atoms with E-state index in [9.17, 15) is 4.79 Å². The molecule has 0 fully saturated rings. The number of hydrogen-bond donors (Lipinski definition) is 1. The Hall–Kier alpha value is -2.29. The molecule has 1 atom stereocenters. The molecule has 0 aliphatic carbocycles. The van der Waals surface area contributed by atoms with Crippen molar-refractivity contribution in [2.45, 2.75) is 12.3 Å². The van der Waals surface area contributed by atoms with E-state index < -0.39 is 0 Å². The van der Waals surface area contributed by atoms with E-state index >= 15 is 0 Å². The van der Waals surface area contributed by atoms with Gasteiger partial charge in [0.25, 0.3) is 0 Å². The zero-order valence-electron chi connectivity index (χ0n) is 11.9. The number of amides is 1. The Morgan fingerprint density at radius 1 is 1.05 bits per heavy atom. The van der Waals surface area contributed by atoms with Crippen LogP contribution >= 0.6 is 0 Å². The van der Waals surface area contributed by atoms with Gasteiger partial charge in [0.05, 0.1) is 5.92 Å². The molecule has 20 heavy (non-hydrogen) atoms. The van der Waals surface area contributed by atoms with Gasteiger partial charge in [-0.3, -0.25) is 4.79 Å². The summed E-state index contributed by atoms with van der Waals surface area (Å²) in [5.74, 6) is -0.0633. The van der Waals surface area contributed by atoms with Gasteiger partial charge in [0.15, 0.2) is 0 Å². The van der Waals surface area contributed by atoms with Gasteiger partial charge in [-0.2, -0.15) is 0 Å². The number of nitrogens with two attached hydrogens (primary N) is 1. The number of carbonyl (C=O) groups excluding carboxylic acids is 1. The monoisotopic (exact) mass is 268 g/mol. The van der Waals surface area contributed by atoms with Crippen LogP contribution in [0.2, 0.25) is 0 Å². The highest BCUT2D eigenvalue weighted by molar-refractivity contribution is 5.83. The Balaban J connectivity index is 2.30. The molecule has 0 radical (unpaired) electrons. The Morgan fingerprint density at radius 2 is 1.65 bits per heavy atom. The molecule has 0 saturated heterocycles. The van der Waals surface area contributed by atoms with Gasteiger partial charge < -0.3 is 10.6 Å². The quantitative estimate of drug-likeness (QED) is 0.867. The third-order valence-corrected chi connectivity index (χ3v) is 3.36. The van der Waals surface area contributed by atoms with Crippen LogP contribution < -0.4 is 5.73 Å². The fraction of sp³-hybridized carbons (Fsp3) is 0.235. The van der Waals surface area contributed by atoms with Gasteiger partial charge in [0.2, 0.25) is 5.91 Å². The third-order valence-electron chi connectivity index (χ3n) is 3.36. The minimum Gasteiger partial charge on any atom is -0.399 e. The van der Waals surface area contributed by atoms with Crippen molar-refractivity contribution in [2.24, 2.45) is 0 Å². The zero-order valence-corrected chi connectivity index (χ0v) is 11.9. The number of nitrogens with zero attached hydrogens (tertiary/aromatic N) is 1. The number of carbonyl (C=O) groups is 1. The van der Waals surface area contributed by atoms with Crippen LogP contribution in [0.3, 0.4) is 0 Å². The van der Waals surface area contributed by atoms with E-state index in [1.54, 1.807) is 19.0 Å². The molecule has 2 aromatic rings. The minimum absolute atomic E-state index is 0.110. The first kappa shape index (κ1) is 14.1. The average Bonchev–Trinajstić information content (AvgIpc) is 2.46. The molecule has 1 amide bonds. The summed E-state index contributed by atoms with van der Waals surface area (Å²) < 4.78 is 0. The summed E-state index contributed by atoms with van der Waals surface area (Å²) in [6, 6.07) is 17.6. The summed E-state index contributed by atoms with van der Waals surface area (Å²) in [5.41, 5.74) is 8.59. The second kappa shape index (κ2) is 6.24. The van der Waals surface area contributed by atoms with E-state index in [2.05, 4.69) is 0 Å². The molecule has 2 rings (SSSR count). The summed E-state index contributed by atoms with van der Waals surface area (Å²) >= 11 is 0. The number of rotatable bonds is 4. The number of hydrogen-bond acceptors (Lipinski definition) is 2. The Bertz CT molecular complexity index is 561. The molecular weight excluding hydrogens is 248 g/mol. The Kier molecular flexibility index (Phi) is 4.41. The zero-order chi connectivity index (χ0) is 14.5. The molecule has 3 heteroatoms. The highest BCUT2D eigenvalue weighted by Crippen LogP contribution is 2.23. The predicted molar refractivity (Wildman–Crippen MR) is 82.4 cm³/mol. The lowest BCUT2D eigenvalue weighted by atomic mass is 9.90. The van der Waals surface area contributed by atoms with Crippen LogP contribution in [0.15, 0.2) is 54.6 Å². The summed E-state index contributed by atoms with van der Waals surface area (Å²) in [4.78, 5) is 14.1. The van der Waals surface area contributed by atoms with Crippen molar-refractivity contribution in [2.75, 3.05) is 19.8 Å². The van der Waals surface area contributed by atoms with Gasteiger partial charge in [-0.1, -0.05) is 42.5 Å². The van der Waals surface area contributed by atoms with E-state index in [0.29, 0.717) is 12.1 Å². The maximum atomic E-state index is 12.4. The molecule has 0 spiro atoms. The lowest BCUT2D eigenvalue weighted by Gasteiger charge is -2.21. The van der Waals surface area contributed by atoms with Crippen molar-refractivity contribution in [3.63, 3.8) is 0 Å².